The Morgan fingerprint density at radius 2 is 1.77 bits per heavy atom. The number of carbonyl (C=O) groups is 1. The molecule has 1 aliphatic rings. The molecule has 5 nitrogen and oxygen atoms in total. The Morgan fingerprint density at radius 1 is 1.27 bits per heavy atom. The summed E-state index contributed by atoms with van der Waals surface area (Å²) in [7, 11) is -2.82. The number of nitrogens with one attached hydrogen (secondary N) is 1. The number of halogens is 3. The van der Waals surface area contributed by atoms with Crippen molar-refractivity contribution in [3.05, 3.63) is 26.9 Å². The minimum Gasteiger partial charge on any atom is -0.468 e. The average Bonchev–Trinajstić information content (AvgIpc) is 2.84. The Kier molecular flexibility index (Phi) is 5.31. The molecule has 0 saturated heterocycles. The van der Waals surface area contributed by atoms with Crippen LogP contribution in [0.3, 0.4) is 0 Å². The van der Waals surface area contributed by atoms with Gasteiger partial charge in [-0.25, -0.2) is 12.8 Å². The van der Waals surface area contributed by atoms with Crippen molar-refractivity contribution in [3.63, 3.8) is 0 Å². The van der Waals surface area contributed by atoms with Gasteiger partial charge < -0.3 is 4.74 Å². The predicted octanol–water partition coefficient (Wildman–Crippen LogP) is 3.11. The molecule has 1 aromatic rings. The molecular weight excluding hydrogens is 445 g/mol. The van der Waals surface area contributed by atoms with Crippen LogP contribution >= 0.6 is 31.9 Å². The van der Waals surface area contributed by atoms with Gasteiger partial charge in [-0.15, -0.1) is 0 Å². The van der Waals surface area contributed by atoms with Gasteiger partial charge >= 0.3 is 5.97 Å². The molecule has 2 rings (SSSR count). The van der Waals surface area contributed by atoms with Gasteiger partial charge in [0.2, 0.25) is 10.0 Å². The van der Waals surface area contributed by atoms with Gasteiger partial charge in [-0.2, -0.15) is 4.72 Å². The summed E-state index contributed by atoms with van der Waals surface area (Å²) in [5.74, 6) is -1.19. The lowest BCUT2D eigenvalue weighted by Crippen LogP contribution is -2.53. The van der Waals surface area contributed by atoms with Crippen LogP contribution in [0.2, 0.25) is 0 Å². The molecule has 0 unspecified atom stereocenters. The Morgan fingerprint density at radius 3 is 2.23 bits per heavy atom. The highest BCUT2D eigenvalue weighted by molar-refractivity contribution is 9.11. The fraction of sp³-hybridized carbons (Fsp3) is 0.462. The number of carbonyl (C=O) groups excluding carboxylic acids is 1. The smallest absolute Gasteiger partial charge is 0.327 e. The Balaban J connectivity index is 2.45. The number of rotatable bonds is 4. The van der Waals surface area contributed by atoms with Gasteiger partial charge in [0.25, 0.3) is 0 Å². The fourth-order valence-corrected chi connectivity index (χ4v) is 6.56. The average molecular weight is 459 g/mol. The maximum absolute atomic E-state index is 13.3. The van der Waals surface area contributed by atoms with Gasteiger partial charge in [0.15, 0.2) is 0 Å². The first-order valence-corrected chi connectivity index (χ1v) is 9.56. The summed E-state index contributed by atoms with van der Waals surface area (Å²) in [5, 5.41) is 0. The van der Waals surface area contributed by atoms with E-state index in [9.17, 15) is 17.6 Å². The summed E-state index contributed by atoms with van der Waals surface area (Å²) in [4.78, 5) is 11.9. The fourth-order valence-electron chi connectivity index (χ4n) is 2.62. The van der Waals surface area contributed by atoms with E-state index in [-0.39, 0.29) is 13.8 Å². The van der Waals surface area contributed by atoms with Gasteiger partial charge in [-0.3, -0.25) is 4.79 Å². The number of sulfonamides is 1. The van der Waals surface area contributed by atoms with Crippen molar-refractivity contribution < 1.29 is 22.3 Å². The van der Waals surface area contributed by atoms with Crippen LogP contribution in [0.1, 0.15) is 25.7 Å². The zero-order valence-corrected chi connectivity index (χ0v) is 15.6. The minimum absolute atomic E-state index is 0.0740. The summed E-state index contributed by atoms with van der Waals surface area (Å²) in [5.41, 5.74) is -1.26. The van der Waals surface area contributed by atoms with Crippen LogP contribution in [-0.2, 0) is 19.6 Å². The number of ether oxygens (including phenoxy) is 1. The van der Waals surface area contributed by atoms with Gasteiger partial charge in [0.05, 0.1) is 7.11 Å². The predicted molar refractivity (Wildman–Crippen MR) is 85.3 cm³/mol. The SMILES string of the molecule is COC(=O)C1(NS(=O)(=O)c2c(Br)cc(F)cc2Br)CCCC1. The third kappa shape index (κ3) is 3.37. The molecule has 9 heteroatoms. The molecule has 1 saturated carbocycles. The molecule has 0 bridgehead atoms. The highest BCUT2D eigenvalue weighted by Crippen LogP contribution is 2.36. The van der Waals surface area contributed by atoms with Crippen molar-refractivity contribution in [3.8, 4) is 0 Å². The molecule has 0 radical (unpaired) electrons. The third-order valence-corrected chi connectivity index (χ3v) is 7.01. The monoisotopic (exact) mass is 457 g/mol. The molecule has 0 aromatic heterocycles. The largest absolute Gasteiger partial charge is 0.468 e. The molecule has 22 heavy (non-hydrogen) atoms. The van der Waals surface area contributed by atoms with E-state index in [2.05, 4.69) is 36.6 Å². The molecule has 0 amide bonds. The molecule has 0 aliphatic heterocycles. The van der Waals surface area contributed by atoms with Gasteiger partial charge in [0.1, 0.15) is 16.3 Å². The van der Waals surface area contributed by atoms with Crippen molar-refractivity contribution in [1.82, 2.24) is 4.72 Å². The molecule has 1 aliphatic carbocycles. The number of esters is 1. The van der Waals surface area contributed by atoms with Crippen LogP contribution in [0.15, 0.2) is 26.0 Å². The molecule has 1 fully saturated rings. The number of benzene rings is 1. The lowest BCUT2D eigenvalue weighted by molar-refractivity contribution is -0.147. The first-order valence-electron chi connectivity index (χ1n) is 6.49. The molecule has 1 aromatic carbocycles. The van der Waals surface area contributed by atoms with Crippen LogP contribution in [0.25, 0.3) is 0 Å². The first kappa shape index (κ1) is 17.8. The lowest BCUT2D eigenvalue weighted by Gasteiger charge is -2.27. The summed E-state index contributed by atoms with van der Waals surface area (Å²) < 4.78 is 46.0. The highest BCUT2D eigenvalue weighted by atomic mass is 79.9. The topological polar surface area (TPSA) is 72.5 Å². The summed E-state index contributed by atoms with van der Waals surface area (Å²) in [6.45, 7) is 0. The van der Waals surface area contributed by atoms with E-state index in [1.54, 1.807) is 0 Å². The van der Waals surface area contributed by atoms with Crippen LogP contribution in [0, 0.1) is 5.82 Å². The lowest BCUT2D eigenvalue weighted by atomic mass is 10.00. The number of methoxy groups -OCH3 is 1. The quantitative estimate of drug-likeness (QED) is 0.703. The number of hydrogen-bond donors (Lipinski definition) is 1. The van der Waals surface area contributed by atoms with Crippen molar-refractivity contribution in [2.45, 2.75) is 36.1 Å². The maximum Gasteiger partial charge on any atom is 0.327 e. The minimum atomic E-state index is -4.05. The summed E-state index contributed by atoms with van der Waals surface area (Å²) >= 11 is 6.10. The first-order chi connectivity index (χ1) is 10.2. The van der Waals surface area contributed by atoms with Crippen molar-refractivity contribution in [2.75, 3.05) is 7.11 Å². The third-order valence-electron chi connectivity index (χ3n) is 3.59. The van der Waals surface area contributed by atoms with Crippen LogP contribution in [0.4, 0.5) is 4.39 Å². The standard InChI is InChI=1S/C13H14Br2FNO4S/c1-21-12(18)13(4-2-3-5-13)17-22(19,20)11-9(14)6-8(16)7-10(11)15/h6-7,17H,2-5H2,1H3. The maximum atomic E-state index is 13.3. The van der Waals surface area contributed by atoms with E-state index in [0.29, 0.717) is 12.8 Å². The van der Waals surface area contributed by atoms with E-state index < -0.39 is 27.3 Å². The van der Waals surface area contributed by atoms with Gasteiger partial charge in [0, 0.05) is 8.95 Å². The second-order valence-corrected chi connectivity index (χ2v) is 8.41. The molecular formula is C13H14Br2FNO4S. The summed E-state index contributed by atoms with van der Waals surface area (Å²) in [6, 6.07) is 2.11. The van der Waals surface area contributed by atoms with Crippen molar-refractivity contribution in [2.24, 2.45) is 0 Å². The summed E-state index contributed by atoms with van der Waals surface area (Å²) in [6.07, 6.45) is 2.19. The van der Waals surface area contributed by atoms with Gasteiger partial charge in [-0.1, -0.05) is 12.8 Å². The molecule has 0 atom stereocenters. The van der Waals surface area contributed by atoms with E-state index >= 15 is 0 Å². The highest BCUT2D eigenvalue weighted by Gasteiger charge is 2.46. The Bertz CT molecular complexity index is 679. The van der Waals surface area contributed by atoms with Crippen LogP contribution in [0.5, 0.6) is 0 Å². The molecule has 1 N–H and O–H groups in total. The normalized spacial score (nSPS) is 17.5. The van der Waals surface area contributed by atoms with E-state index in [4.69, 9.17) is 4.74 Å². The molecule has 0 spiro atoms. The van der Waals surface area contributed by atoms with E-state index in [1.807, 2.05) is 0 Å². The van der Waals surface area contributed by atoms with E-state index in [1.165, 1.54) is 7.11 Å². The second-order valence-electron chi connectivity index (χ2n) is 5.08. The second kappa shape index (κ2) is 6.54. The van der Waals surface area contributed by atoms with Gasteiger partial charge in [-0.05, 0) is 56.8 Å². The van der Waals surface area contributed by atoms with Crippen LogP contribution in [-0.4, -0.2) is 27.0 Å². The zero-order valence-electron chi connectivity index (χ0n) is 11.7. The molecule has 122 valence electrons. The van der Waals surface area contributed by atoms with E-state index in [0.717, 1.165) is 25.0 Å². The van der Waals surface area contributed by atoms with Crippen LogP contribution < -0.4 is 4.72 Å². The number of hydrogen-bond acceptors (Lipinski definition) is 4. The zero-order chi connectivity index (χ0) is 16.5. The Labute approximate surface area is 144 Å². The van der Waals surface area contributed by atoms with Crippen molar-refractivity contribution >= 4 is 47.9 Å². The molecule has 0 heterocycles. The Hall–Kier alpha value is -0.510. The van der Waals surface area contributed by atoms with Crippen molar-refractivity contribution in [1.29, 1.82) is 0 Å².